The van der Waals surface area contributed by atoms with Crippen molar-refractivity contribution < 1.29 is 29.0 Å². The van der Waals surface area contributed by atoms with Crippen LogP contribution >= 0.6 is 0 Å². The van der Waals surface area contributed by atoms with Gasteiger partial charge in [0.05, 0.1) is 30.9 Å². The van der Waals surface area contributed by atoms with Gasteiger partial charge in [0, 0.05) is 11.3 Å². The Hall–Kier alpha value is -4.39. The molecule has 1 aliphatic heterocycles. The van der Waals surface area contributed by atoms with E-state index in [-0.39, 0.29) is 23.5 Å². The number of esters is 1. The van der Waals surface area contributed by atoms with Gasteiger partial charge in [-0.2, -0.15) is 0 Å². The van der Waals surface area contributed by atoms with Gasteiger partial charge in [0.25, 0.3) is 11.7 Å². The van der Waals surface area contributed by atoms with E-state index in [2.05, 4.69) is 0 Å². The Balaban J connectivity index is 1.89. The van der Waals surface area contributed by atoms with E-state index in [9.17, 15) is 19.5 Å². The molecule has 0 aliphatic carbocycles. The summed E-state index contributed by atoms with van der Waals surface area (Å²) in [4.78, 5) is 40.3. The van der Waals surface area contributed by atoms with Gasteiger partial charge in [-0.3, -0.25) is 14.5 Å². The molecule has 1 atom stereocenters. The highest BCUT2D eigenvalue weighted by Crippen LogP contribution is 2.42. The van der Waals surface area contributed by atoms with E-state index in [0.29, 0.717) is 22.6 Å². The second-order valence-corrected chi connectivity index (χ2v) is 8.26. The first-order chi connectivity index (χ1) is 17.4. The van der Waals surface area contributed by atoms with Crippen LogP contribution < -0.4 is 9.64 Å². The van der Waals surface area contributed by atoms with E-state index >= 15 is 0 Å². The number of rotatable bonds is 7. The summed E-state index contributed by atoms with van der Waals surface area (Å²) in [5.74, 6) is -1.80. The third-order valence-electron chi connectivity index (χ3n) is 6.15. The summed E-state index contributed by atoms with van der Waals surface area (Å²) in [7, 11) is 1.54. The van der Waals surface area contributed by atoms with E-state index in [1.54, 1.807) is 68.6 Å². The summed E-state index contributed by atoms with van der Waals surface area (Å²) in [6, 6.07) is 19.6. The molecule has 36 heavy (non-hydrogen) atoms. The monoisotopic (exact) mass is 485 g/mol. The summed E-state index contributed by atoms with van der Waals surface area (Å²) in [6.07, 6.45) is 0.827. The van der Waals surface area contributed by atoms with Crippen molar-refractivity contribution in [3.8, 4) is 5.75 Å². The Bertz CT molecular complexity index is 1320. The van der Waals surface area contributed by atoms with Crippen molar-refractivity contribution in [2.45, 2.75) is 26.3 Å². The molecule has 1 amide bonds. The Kier molecular flexibility index (Phi) is 7.20. The van der Waals surface area contributed by atoms with Gasteiger partial charge in [-0.25, -0.2) is 4.79 Å². The lowest BCUT2D eigenvalue weighted by atomic mass is 9.94. The molecule has 0 spiro atoms. The Morgan fingerprint density at radius 1 is 0.944 bits per heavy atom. The van der Waals surface area contributed by atoms with Gasteiger partial charge < -0.3 is 14.6 Å². The minimum Gasteiger partial charge on any atom is -0.507 e. The van der Waals surface area contributed by atoms with Gasteiger partial charge in [-0.15, -0.1) is 0 Å². The molecular formula is C29H27NO6. The highest BCUT2D eigenvalue weighted by molar-refractivity contribution is 6.51. The van der Waals surface area contributed by atoms with Gasteiger partial charge in [0.1, 0.15) is 11.5 Å². The predicted molar refractivity (Wildman–Crippen MR) is 136 cm³/mol. The van der Waals surface area contributed by atoms with Gasteiger partial charge in [0.15, 0.2) is 0 Å². The normalized spacial score (nSPS) is 16.8. The fourth-order valence-electron chi connectivity index (χ4n) is 4.25. The highest BCUT2D eigenvalue weighted by atomic mass is 16.5. The molecule has 3 aromatic carbocycles. The van der Waals surface area contributed by atoms with Crippen LogP contribution in [0.5, 0.6) is 5.75 Å². The molecule has 7 nitrogen and oxygen atoms in total. The Morgan fingerprint density at radius 3 is 2.25 bits per heavy atom. The van der Waals surface area contributed by atoms with E-state index in [1.165, 1.54) is 11.0 Å². The maximum absolute atomic E-state index is 13.4. The first-order valence-electron chi connectivity index (χ1n) is 11.7. The fraction of sp³-hybridized carbons (Fsp3) is 0.207. The SMILES string of the molecule is CCOC(=O)c1cccc(N2C(=O)C(=O)/C(=C(/O)c3ccc(CC)cc3)C2c2ccc(OC)cc2)c1. The summed E-state index contributed by atoms with van der Waals surface area (Å²) in [5, 5.41) is 11.3. The third kappa shape index (κ3) is 4.60. The molecule has 3 aromatic rings. The zero-order chi connectivity index (χ0) is 25.8. The molecule has 1 unspecified atom stereocenters. The molecule has 184 valence electrons. The lowest BCUT2D eigenvalue weighted by Gasteiger charge is -2.26. The van der Waals surface area contributed by atoms with E-state index < -0.39 is 23.7 Å². The van der Waals surface area contributed by atoms with Gasteiger partial charge in [0.2, 0.25) is 0 Å². The van der Waals surface area contributed by atoms with Crippen molar-refractivity contribution in [2.75, 3.05) is 18.6 Å². The van der Waals surface area contributed by atoms with Crippen LogP contribution in [0.1, 0.15) is 46.9 Å². The van der Waals surface area contributed by atoms with Crippen molar-refractivity contribution >= 4 is 29.1 Å². The quantitative estimate of drug-likeness (QED) is 0.218. The number of ketones is 1. The number of methoxy groups -OCH3 is 1. The number of aliphatic hydroxyl groups is 1. The Labute approximate surface area is 209 Å². The third-order valence-corrected chi connectivity index (χ3v) is 6.15. The largest absolute Gasteiger partial charge is 0.507 e. The molecule has 1 N–H and O–H groups in total. The molecule has 4 rings (SSSR count). The molecule has 7 heteroatoms. The number of hydrogen-bond donors (Lipinski definition) is 1. The number of carbonyl (C=O) groups is 3. The van der Waals surface area contributed by atoms with Gasteiger partial charge >= 0.3 is 5.97 Å². The first kappa shape index (κ1) is 24.7. The van der Waals surface area contributed by atoms with Crippen molar-refractivity contribution in [3.63, 3.8) is 0 Å². The maximum atomic E-state index is 13.4. The number of ether oxygens (including phenoxy) is 2. The topological polar surface area (TPSA) is 93.1 Å². The molecule has 0 aromatic heterocycles. The van der Waals surface area contributed by atoms with Crippen LogP contribution in [0.15, 0.2) is 78.4 Å². The van der Waals surface area contributed by atoms with Crippen LogP contribution in [0.3, 0.4) is 0 Å². The van der Waals surface area contributed by atoms with E-state index in [1.807, 2.05) is 19.1 Å². The number of hydrogen-bond acceptors (Lipinski definition) is 6. The van der Waals surface area contributed by atoms with Crippen LogP contribution in [0, 0.1) is 0 Å². The van der Waals surface area contributed by atoms with Gasteiger partial charge in [-0.05, 0) is 54.8 Å². The van der Waals surface area contributed by atoms with Crippen LogP contribution in [0.2, 0.25) is 0 Å². The molecule has 1 saturated heterocycles. The second kappa shape index (κ2) is 10.5. The number of anilines is 1. The average Bonchev–Trinajstić information content (AvgIpc) is 3.18. The number of aliphatic hydroxyl groups excluding tert-OH is 1. The zero-order valence-electron chi connectivity index (χ0n) is 20.4. The van der Waals surface area contributed by atoms with E-state index in [0.717, 1.165) is 12.0 Å². The van der Waals surface area contributed by atoms with Crippen molar-refractivity contribution in [3.05, 3.63) is 101 Å². The molecule has 0 radical (unpaired) electrons. The lowest BCUT2D eigenvalue weighted by molar-refractivity contribution is -0.132. The summed E-state index contributed by atoms with van der Waals surface area (Å²) in [5.41, 5.74) is 2.67. The van der Waals surface area contributed by atoms with Crippen LogP contribution in [0.4, 0.5) is 5.69 Å². The number of benzene rings is 3. The fourth-order valence-corrected chi connectivity index (χ4v) is 4.25. The van der Waals surface area contributed by atoms with E-state index in [4.69, 9.17) is 9.47 Å². The molecular weight excluding hydrogens is 458 g/mol. The van der Waals surface area contributed by atoms with Crippen molar-refractivity contribution in [1.29, 1.82) is 0 Å². The first-order valence-corrected chi connectivity index (χ1v) is 11.7. The zero-order valence-corrected chi connectivity index (χ0v) is 20.4. The summed E-state index contributed by atoms with van der Waals surface area (Å²) in [6.45, 7) is 3.93. The predicted octanol–water partition coefficient (Wildman–Crippen LogP) is 5.06. The number of nitrogens with zero attached hydrogens (tertiary/aromatic N) is 1. The number of aryl methyl sites for hydroxylation is 1. The molecule has 1 heterocycles. The maximum Gasteiger partial charge on any atom is 0.338 e. The number of carbonyl (C=O) groups excluding carboxylic acids is 3. The molecule has 0 saturated carbocycles. The second-order valence-electron chi connectivity index (χ2n) is 8.26. The Morgan fingerprint density at radius 2 is 1.64 bits per heavy atom. The highest BCUT2D eigenvalue weighted by Gasteiger charge is 2.47. The molecule has 1 fully saturated rings. The lowest BCUT2D eigenvalue weighted by Crippen LogP contribution is -2.29. The molecule has 1 aliphatic rings. The number of Topliss-reactive ketones (excluding diaryl/α,β-unsaturated/α-hetero) is 1. The molecule has 0 bridgehead atoms. The van der Waals surface area contributed by atoms with Crippen LogP contribution in [-0.2, 0) is 20.7 Å². The standard InChI is InChI=1S/C29H27NO6/c1-4-18-9-11-20(12-10-18)26(31)24-25(19-13-15-23(35-3)16-14-19)30(28(33)27(24)32)22-8-6-7-21(17-22)29(34)36-5-2/h6-17,25,31H,4-5H2,1-3H3/b26-24+. The smallest absolute Gasteiger partial charge is 0.338 e. The summed E-state index contributed by atoms with van der Waals surface area (Å²) >= 11 is 0. The van der Waals surface area contributed by atoms with Crippen molar-refractivity contribution in [2.24, 2.45) is 0 Å². The number of amides is 1. The van der Waals surface area contributed by atoms with Crippen LogP contribution in [-0.4, -0.2) is 36.5 Å². The van der Waals surface area contributed by atoms with Crippen molar-refractivity contribution in [1.82, 2.24) is 0 Å². The minimum absolute atomic E-state index is 0.0315. The average molecular weight is 486 g/mol. The van der Waals surface area contributed by atoms with Crippen LogP contribution in [0.25, 0.3) is 5.76 Å². The van der Waals surface area contributed by atoms with Gasteiger partial charge in [-0.1, -0.05) is 49.4 Å². The summed E-state index contributed by atoms with van der Waals surface area (Å²) < 4.78 is 10.3. The minimum atomic E-state index is -0.917.